The molecule has 3 rings (SSSR count). The number of anilines is 4. The number of nitrogen functional groups attached to an aromatic ring is 2. The minimum absolute atomic E-state index is 0.0727. The molecule has 8 N–H and O–H groups in total. The van der Waals surface area contributed by atoms with Gasteiger partial charge in [-0.05, 0) is 0 Å². The summed E-state index contributed by atoms with van der Waals surface area (Å²) in [5, 5.41) is 25.1. The van der Waals surface area contributed by atoms with Crippen molar-refractivity contribution in [2.75, 3.05) is 36.3 Å². The number of hydrogen-bond donors (Lipinski definition) is 6. The fraction of sp³-hybridized carbons (Fsp3) is 0.190. The number of aromatic nitrogens is 2. The molecule has 1 heterocycles. The number of nitrogens with zero attached hydrogens (tertiary/aromatic N) is 2. The SMILES string of the molecule is COc1cc(NC(=O)Cn2cc[n+](CC(=O)Nc3cc(OC)c(N)cc3O)c2)c(O)cc1N. The molecular weight excluding hydrogens is 432 g/mol. The predicted molar refractivity (Wildman–Crippen MR) is 120 cm³/mol. The van der Waals surface area contributed by atoms with Crippen molar-refractivity contribution in [3.8, 4) is 23.0 Å². The topological polar surface area (TPSA) is 178 Å². The highest BCUT2D eigenvalue weighted by Gasteiger charge is 2.16. The number of benzene rings is 2. The minimum atomic E-state index is -0.414. The van der Waals surface area contributed by atoms with Gasteiger partial charge < -0.3 is 41.8 Å². The monoisotopic (exact) mass is 457 g/mol. The van der Waals surface area contributed by atoms with Crippen LogP contribution in [0.3, 0.4) is 0 Å². The molecule has 174 valence electrons. The Morgan fingerprint density at radius 3 is 1.97 bits per heavy atom. The van der Waals surface area contributed by atoms with Crippen molar-refractivity contribution in [1.29, 1.82) is 0 Å². The van der Waals surface area contributed by atoms with Crippen molar-refractivity contribution in [2.45, 2.75) is 13.1 Å². The Bertz CT molecular complexity index is 1100. The van der Waals surface area contributed by atoms with Gasteiger partial charge in [-0.3, -0.25) is 9.59 Å². The molecule has 2 aromatic carbocycles. The third-order valence-electron chi connectivity index (χ3n) is 4.64. The summed E-state index contributed by atoms with van der Waals surface area (Å²) in [5.41, 5.74) is 12.2. The van der Waals surface area contributed by atoms with Gasteiger partial charge in [0.05, 0.1) is 37.0 Å². The molecule has 0 spiro atoms. The Hall–Kier alpha value is -4.61. The molecule has 12 heteroatoms. The third-order valence-corrected chi connectivity index (χ3v) is 4.64. The summed E-state index contributed by atoms with van der Waals surface area (Å²) in [6.45, 7) is -0.145. The highest BCUT2D eigenvalue weighted by molar-refractivity contribution is 5.93. The number of carbonyl (C=O) groups excluding carboxylic acids is 2. The number of nitrogens with one attached hydrogen (secondary N) is 2. The van der Waals surface area contributed by atoms with Gasteiger partial charge >= 0.3 is 0 Å². The molecule has 2 amide bonds. The lowest BCUT2D eigenvalue weighted by Gasteiger charge is -2.11. The number of rotatable bonds is 8. The fourth-order valence-corrected chi connectivity index (χ4v) is 3.06. The summed E-state index contributed by atoms with van der Waals surface area (Å²) in [4.78, 5) is 24.7. The van der Waals surface area contributed by atoms with Crippen LogP contribution in [0.15, 0.2) is 43.0 Å². The van der Waals surface area contributed by atoms with Gasteiger partial charge in [-0.15, -0.1) is 0 Å². The molecule has 0 unspecified atom stereocenters. The molecule has 0 aliphatic carbocycles. The summed E-state index contributed by atoms with van der Waals surface area (Å²) in [7, 11) is 2.85. The van der Waals surface area contributed by atoms with Crippen LogP contribution in [0, 0.1) is 0 Å². The first-order chi connectivity index (χ1) is 15.7. The van der Waals surface area contributed by atoms with Crippen LogP contribution in [0.4, 0.5) is 22.7 Å². The van der Waals surface area contributed by atoms with Gasteiger partial charge in [-0.1, -0.05) is 0 Å². The van der Waals surface area contributed by atoms with Crippen LogP contribution >= 0.6 is 0 Å². The molecule has 0 aliphatic rings. The zero-order valence-corrected chi connectivity index (χ0v) is 18.0. The number of methoxy groups -OCH3 is 2. The summed E-state index contributed by atoms with van der Waals surface area (Å²) in [6, 6.07) is 5.41. The van der Waals surface area contributed by atoms with Gasteiger partial charge in [0.25, 0.3) is 11.8 Å². The summed E-state index contributed by atoms with van der Waals surface area (Å²) < 4.78 is 13.3. The number of phenols is 2. The number of imidazole rings is 1. The number of ether oxygens (including phenoxy) is 2. The molecule has 0 saturated heterocycles. The lowest BCUT2D eigenvalue weighted by Crippen LogP contribution is -2.38. The first kappa shape index (κ1) is 23.1. The molecular formula is C21H25N6O6+. The molecule has 0 saturated carbocycles. The number of nitrogens with two attached hydrogens (primary N) is 2. The maximum absolute atomic E-state index is 12.4. The Balaban J connectivity index is 1.60. The molecule has 1 aromatic heterocycles. The van der Waals surface area contributed by atoms with Gasteiger partial charge in [0, 0.05) is 24.3 Å². The first-order valence-electron chi connectivity index (χ1n) is 9.67. The van der Waals surface area contributed by atoms with E-state index in [0.29, 0.717) is 11.5 Å². The van der Waals surface area contributed by atoms with E-state index in [9.17, 15) is 19.8 Å². The van der Waals surface area contributed by atoms with Gasteiger partial charge in [-0.2, -0.15) is 0 Å². The highest BCUT2D eigenvalue weighted by Crippen LogP contribution is 2.34. The second-order valence-corrected chi connectivity index (χ2v) is 7.08. The van der Waals surface area contributed by atoms with Crippen molar-refractivity contribution >= 4 is 34.6 Å². The minimum Gasteiger partial charge on any atom is -0.506 e. The third kappa shape index (κ3) is 5.55. The summed E-state index contributed by atoms with van der Waals surface area (Å²) >= 11 is 0. The van der Waals surface area contributed by atoms with Crippen LogP contribution in [0.2, 0.25) is 0 Å². The quantitative estimate of drug-likeness (QED) is 0.162. The lowest BCUT2D eigenvalue weighted by atomic mass is 10.2. The molecule has 3 aromatic rings. The largest absolute Gasteiger partial charge is 0.506 e. The molecule has 0 radical (unpaired) electrons. The van der Waals surface area contributed by atoms with Gasteiger partial charge in [0.15, 0.2) is 13.1 Å². The molecule has 0 bridgehead atoms. The van der Waals surface area contributed by atoms with Crippen molar-refractivity contribution in [1.82, 2.24) is 4.57 Å². The molecule has 33 heavy (non-hydrogen) atoms. The number of hydrogen-bond acceptors (Lipinski definition) is 8. The van der Waals surface area contributed by atoms with Crippen LogP contribution in [-0.4, -0.2) is 40.8 Å². The van der Waals surface area contributed by atoms with Crippen molar-refractivity contribution in [3.63, 3.8) is 0 Å². The van der Waals surface area contributed by atoms with Gasteiger partial charge in [0.1, 0.15) is 35.4 Å². The second-order valence-electron chi connectivity index (χ2n) is 7.08. The van der Waals surface area contributed by atoms with E-state index in [1.165, 1.54) is 38.5 Å². The highest BCUT2D eigenvalue weighted by atomic mass is 16.5. The van der Waals surface area contributed by atoms with E-state index in [1.807, 2.05) is 0 Å². The summed E-state index contributed by atoms with van der Waals surface area (Å²) in [5.74, 6) is -0.575. The zero-order chi connectivity index (χ0) is 24.1. The van der Waals surface area contributed by atoms with E-state index in [1.54, 1.807) is 27.9 Å². The average molecular weight is 457 g/mol. The predicted octanol–water partition coefficient (Wildman–Crippen LogP) is 0.646. The van der Waals surface area contributed by atoms with Crippen molar-refractivity contribution in [2.24, 2.45) is 0 Å². The summed E-state index contributed by atoms with van der Waals surface area (Å²) in [6.07, 6.45) is 4.78. The van der Waals surface area contributed by atoms with Crippen LogP contribution < -0.4 is 36.1 Å². The lowest BCUT2D eigenvalue weighted by molar-refractivity contribution is -0.683. The average Bonchev–Trinajstić information content (AvgIpc) is 3.18. The van der Waals surface area contributed by atoms with Crippen LogP contribution in [-0.2, 0) is 22.7 Å². The molecule has 0 aliphatic heterocycles. The fourth-order valence-electron chi connectivity index (χ4n) is 3.06. The second kappa shape index (κ2) is 9.68. The van der Waals surface area contributed by atoms with E-state index < -0.39 is 11.8 Å². The van der Waals surface area contributed by atoms with Crippen LogP contribution in [0.5, 0.6) is 23.0 Å². The van der Waals surface area contributed by atoms with E-state index in [0.717, 1.165) is 0 Å². The maximum Gasteiger partial charge on any atom is 0.266 e. The Labute approximate surface area is 189 Å². The molecule has 0 fully saturated rings. The van der Waals surface area contributed by atoms with Crippen molar-refractivity contribution in [3.05, 3.63) is 43.0 Å². The molecule has 12 nitrogen and oxygen atoms in total. The normalized spacial score (nSPS) is 10.5. The van der Waals surface area contributed by atoms with Gasteiger partial charge in [0.2, 0.25) is 6.33 Å². The van der Waals surface area contributed by atoms with Gasteiger partial charge in [-0.25, -0.2) is 9.13 Å². The molecule has 0 atom stereocenters. The van der Waals surface area contributed by atoms with Crippen LogP contribution in [0.25, 0.3) is 0 Å². The van der Waals surface area contributed by atoms with E-state index in [-0.39, 0.29) is 47.3 Å². The zero-order valence-electron chi connectivity index (χ0n) is 18.0. The number of phenolic OH excluding ortho intramolecular Hbond substituents is 2. The van der Waals surface area contributed by atoms with E-state index >= 15 is 0 Å². The van der Waals surface area contributed by atoms with Crippen LogP contribution in [0.1, 0.15) is 0 Å². The van der Waals surface area contributed by atoms with Crippen molar-refractivity contribution < 1.29 is 33.8 Å². The number of carbonyl (C=O) groups is 2. The Kier molecular flexibility index (Phi) is 6.77. The maximum atomic E-state index is 12.4. The standard InChI is InChI=1S/C21H24N6O6/c1-32-18-7-14(16(28)5-12(18)22)24-20(30)9-26-3-4-27(11-26)10-21(31)25-15-8-19(33-2)13(23)6-17(15)29/h3-8,11H,9-10,22-23H2,1-2H3,(H3-,24,25,28,29,30,31)/p+1. The Morgan fingerprint density at radius 1 is 0.939 bits per heavy atom. The van der Waals surface area contributed by atoms with E-state index in [4.69, 9.17) is 20.9 Å². The smallest absolute Gasteiger partial charge is 0.266 e. The first-order valence-corrected chi connectivity index (χ1v) is 9.67. The number of amides is 2. The van der Waals surface area contributed by atoms with E-state index in [2.05, 4.69) is 10.6 Å². The Morgan fingerprint density at radius 2 is 1.45 bits per heavy atom. The number of aromatic hydroxyl groups is 2.